The van der Waals surface area contributed by atoms with Crippen LogP contribution in [0.25, 0.3) is 0 Å². The molecule has 0 spiro atoms. The highest BCUT2D eigenvalue weighted by molar-refractivity contribution is 7.79. The summed E-state index contributed by atoms with van der Waals surface area (Å²) in [6.45, 7) is 0.369. The van der Waals surface area contributed by atoms with E-state index in [4.69, 9.17) is 28.4 Å². The third kappa shape index (κ3) is 4.93. The summed E-state index contributed by atoms with van der Waals surface area (Å²) < 4.78 is 35.9. The van der Waals surface area contributed by atoms with Gasteiger partial charge in [-0.1, -0.05) is 84.9 Å². The van der Waals surface area contributed by atoms with Crippen LogP contribution in [0, 0.1) is 0 Å². The molecule has 184 valence electrons. The van der Waals surface area contributed by atoms with Gasteiger partial charge in [-0.25, -0.2) is 0 Å². The Kier molecular flexibility index (Phi) is 7.91. The van der Waals surface area contributed by atoms with Gasteiger partial charge in [0.25, 0.3) is 0 Å². The van der Waals surface area contributed by atoms with E-state index in [-0.39, 0.29) is 18.3 Å². The first-order valence-corrected chi connectivity index (χ1v) is 13.1. The van der Waals surface area contributed by atoms with Gasteiger partial charge in [0, 0.05) is 26.9 Å². The van der Waals surface area contributed by atoms with Crippen LogP contribution >= 0.6 is 7.92 Å². The summed E-state index contributed by atoms with van der Waals surface area (Å²) >= 11 is 0. The number of hydrogen-bond donors (Lipinski definition) is 0. The SMILES string of the molecule is CO[C@H]1O[C@@H]2CO[C@@H](c3ccccc3P(c3ccccc3)c3ccccc3)O[C@H]2[C@H](OC)[C@H]1OC. The van der Waals surface area contributed by atoms with Crippen molar-refractivity contribution in [1.29, 1.82) is 0 Å². The zero-order valence-electron chi connectivity index (χ0n) is 20.2. The molecule has 0 unspecified atom stereocenters. The third-order valence-corrected chi connectivity index (χ3v) is 9.04. The van der Waals surface area contributed by atoms with E-state index in [0.29, 0.717) is 6.61 Å². The van der Waals surface area contributed by atoms with E-state index in [2.05, 4.69) is 78.9 Å². The third-order valence-electron chi connectivity index (χ3n) is 6.52. The average Bonchev–Trinajstić information content (AvgIpc) is 2.93. The van der Waals surface area contributed by atoms with Crippen LogP contribution in [-0.4, -0.2) is 58.6 Å². The lowest BCUT2D eigenvalue weighted by molar-refractivity contribution is -0.362. The summed E-state index contributed by atoms with van der Waals surface area (Å²) in [5.74, 6) is 0. The fourth-order valence-electron chi connectivity index (χ4n) is 4.88. The van der Waals surface area contributed by atoms with Gasteiger partial charge in [-0.05, 0) is 23.8 Å². The van der Waals surface area contributed by atoms with Crippen molar-refractivity contribution in [1.82, 2.24) is 0 Å². The van der Waals surface area contributed by atoms with Gasteiger partial charge in [0.15, 0.2) is 12.6 Å². The Morgan fingerprint density at radius 2 is 1.29 bits per heavy atom. The second-order valence-corrected chi connectivity index (χ2v) is 10.7. The van der Waals surface area contributed by atoms with Gasteiger partial charge >= 0.3 is 0 Å². The highest BCUT2D eigenvalue weighted by Gasteiger charge is 2.51. The topological polar surface area (TPSA) is 55.4 Å². The van der Waals surface area contributed by atoms with E-state index >= 15 is 0 Å². The molecule has 2 aliphatic heterocycles. The largest absolute Gasteiger partial charge is 0.376 e. The van der Waals surface area contributed by atoms with Gasteiger partial charge in [-0.15, -0.1) is 0 Å². The summed E-state index contributed by atoms with van der Waals surface area (Å²) in [7, 11) is 4.08. The van der Waals surface area contributed by atoms with Gasteiger partial charge in [0.1, 0.15) is 24.4 Å². The normalized spacial score (nSPS) is 28.6. The minimum Gasteiger partial charge on any atom is -0.376 e. The highest BCUT2D eigenvalue weighted by Crippen LogP contribution is 2.40. The van der Waals surface area contributed by atoms with Gasteiger partial charge in [-0.2, -0.15) is 0 Å². The fourth-order valence-corrected chi connectivity index (χ4v) is 7.35. The maximum Gasteiger partial charge on any atom is 0.186 e. The molecule has 3 aromatic rings. The van der Waals surface area contributed by atoms with Crippen molar-refractivity contribution in [3.8, 4) is 0 Å². The van der Waals surface area contributed by atoms with E-state index in [1.54, 1.807) is 21.3 Å². The molecular formula is C28H31O6P. The molecule has 3 aromatic carbocycles. The van der Waals surface area contributed by atoms with Gasteiger partial charge in [0.05, 0.1) is 6.61 Å². The number of rotatable bonds is 7. The first kappa shape index (κ1) is 24.5. The molecule has 0 aromatic heterocycles. The van der Waals surface area contributed by atoms with Gasteiger partial charge in [-0.3, -0.25) is 0 Å². The molecule has 7 heteroatoms. The summed E-state index contributed by atoms with van der Waals surface area (Å²) in [6, 6.07) is 29.6. The molecule has 0 bridgehead atoms. The van der Waals surface area contributed by atoms with Crippen LogP contribution in [0.3, 0.4) is 0 Å². The zero-order chi connectivity index (χ0) is 24.2. The Balaban J connectivity index is 1.51. The van der Waals surface area contributed by atoms with Crippen molar-refractivity contribution in [2.45, 2.75) is 37.0 Å². The molecule has 0 N–H and O–H groups in total. The van der Waals surface area contributed by atoms with Crippen molar-refractivity contribution < 1.29 is 28.4 Å². The maximum atomic E-state index is 6.57. The van der Waals surface area contributed by atoms with Crippen molar-refractivity contribution in [3.05, 3.63) is 90.5 Å². The van der Waals surface area contributed by atoms with Crippen LogP contribution in [0.1, 0.15) is 11.9 Å². The molecule has 0 saturated carbocycles. The van der Waals surface area contributed by atoms with E-state index in [1.165, 1.54) is 15.9 Å². The van der Waals surface area contributed by atoms with Gasteiger partial charge < -0.3 is 28.4 Å². The smallest absolute Gasteiger partial charge is 0.186 e. The molecule has 6 atom stereocenters. The van der Waals surface area contributed by atoms with Crippen molar-refractivity contribution in [3.63, 3.8) is 0 Å². The Bertz CT molecular complexity index is 1040. The van der Waals surface area contributed by atoms with Crippen LogP contribution < -0.4 is 15.9 Å². The summed E-state index contributed by atoms with van der Waals surface area (Å²) in [4.78, 5) is 0. The van der Waals surface area contributed by atoms with E-state index in [0.717, 1.165) is 5.56 Å². The molecule has 35 heavy (non-hydrogen) atoms. The molecule has 2 heterocycles. The standard InChI is InChI=1S/C28H31O6P/c1-29-25-24-22(33-28(31-3)26(25)30-2)18-32-27(34-24)21-16-10-11-17-23(21)35(19-12-6-4-7-13-19)20-14-8-5-9-15-20/h4-17,22,24-28H,18H2,1-3H3/t22-,24-,25+,26-,27-,28+/m1/s1. The van der Waals surface area contributed by atoms with E-state index < -0.39 is 26.6 Å². The van der Waals surface area contributed by atoms with Crippen molar-refractivity contribution >= 4 is 23.8 Å². The van der Waals surface area contributed by atoms with E-state index in [1.807, 2.05) is 6.07 Å². The van der Waals surface area contributed by atoms with E-state index in [9.17, 15) is 0 Å². The number of fused-ring (bicyclic) bond motifs is 1. The fraction of sp³-hybridized carbons (Fsp3) is 0.357. The molecule has 2 saturated heterocycles. The Morgan fingerprint density at radius 1 is 0.686 bits per heavy atom. The minimum absolute atomic E-state index is 0.315. The van der Waals surface area contributed by atoms with Crippen LogP contribution in [0.5, 0.6) is 0 Å². The number of benzene rings is 3. The Hall–Kier alpha value is -2.15. The van der Waals surface area contributed by atoms with Crippen LogP contribution in [0.2, 0.25) is 0 Å². The van der Waals surface area contributed by atoms with Gasteiger partial charge in [0.2, 0.25) is 0 Å². The monoisotopic (exact) mass is 494 g/mol. The van der Waals surface area contributed by atoms with Crippen LogP contribution in [0.4, 0.5) is 0 Å². The molecule has 0 amide bonds. The number of methoxy groups -OCH3 is 3. The van der Waals surface area contributed by atoms with Crippen LogP contribution in [-0.2, 0) is 28.4 Å². The lowest BCUT2D eigenvalue weighted by Gasteiger charge is -2.48. The molecular weight excluding hydrogens is 463 g/mol. The second kappa shape index (κ2) is 11.3. The molecule has 0 aliphatic carbocycles. The lowest BCUT2D eigenvalue weighted by atomic mass is 9.97. The second-order valence-electron chi connectivity index (χ2n) is 8.51. The Morgan fingerprint density at radius 3 is 1.89 bits per heavy atom. The lowest BCUT2D eigenvalue weighted by Crippen LogP contribution is -2.63. The zero-order valence-corrected chi connectivity index (χ0v) is 21.0. The Labute approximate surface area is 207 Å². The molecule has 2 aliphatic rings. The predicted octanol–water partition coefficient (Wildman–Crippen LogP) is 3.26. The van der Waals surface area contributed by atoms with Crippen molar-refractivity contribution in [2.24, 2.45) is 0 Å². The number of hydrogen-bond acceptors (Lipinski definition) is 6. The summed E-state index contributed by atoms with van der Waals surface area (Å²) in [5, 5.41) is 3.74. The predicted molar refractivity (Wildman–Crippen MR) is 136 cm³/mol. The first-order chi connectivity index (χ1) is 17.2. The molecule has 0 radical (unpaired) electrons. The highest BCUT2D eigenvalue weighted by atomic mass is 31.1. The average molecular weight is 495 g/mol. The maximum absolute atomic E-state index is 6.57. The first-order valence-electron chi connectivity index (χ1n) is 11.7. The van der Waals surface area contributed by atoms with Crippen molar-refractivity contribution in [2.75, 3.05) is 27.9 Å². The molecule has 6 nitrogen and oxygen atoms in total. The molecule has 5 rings (SSSR count). The van der Waals surface area contributed by atoms with Crippen LogP contribution in [0.15, 0.2) is 84.9 Å². The summed E-state index contributed by atoms with van der Waals surface area (Å²) in [6.07, 6.45) is -2.54. The summed E-state index contributed by atoms with van der Waals surface area (Å²) in [5.41, 5.74) is 1.02. The number of ether oxygens (including phenoxy) is 6. The quantitative estimate of drug-likeness (QED) is 0.470. The molecule has 2 fully saturated rings. The minimum atomic E-state index is -0.814.